The number of nitro groups is 1. The highest BCUT2D eigenvalue weighted by molar-refractivity contribution is 5.45. The molecule has 1 saturated heterocycles. The van der Waals surface area contributed by atoms with Crippen LogP contribution in [0.3, 0.4) is 0 Å². The van der Waals surface area contributed by atoms with Crippen LogP contribution in [0.5, 0.6) is 5.75 Å². The number of hydrogen-bond acceptors (Lipinski definition) is 7. The first-order valence-electron chi connectivity index (χ1n) is 14.2. The molecule has 2 heterocycles. The Labute approximate surface area is 244 Å². The van der Waals surface area contributed by atoms with Gasteiger partial charge in [-0.2, -0.15) is 0 Å². The Bertz CT molecular complexity index is 1450. The monoisotopic (exact) mass is 567 g/mol. The maximum absolute atomic E-state index is 11.5. The smallest absolute Gasteiger partial charge is 0.269 e. The summed E-state index contributed by atoms with van der Waals surface area (Å²) in [6.45, 7) is 1.46. The zero-order valence-electron chi connectivity index (χ0n) is 23.1. The fourth-order valence-electron chi connectivity index (χ4n) is 5.58. The Hall–Kier alpha value is -4.08. The second-order valence-electron chi connectivity index (χ2n) is 10.6. The molecule has 5 atom stereocenters. The largest absolute Gasteiger partial charge is 0.464 e. The molecule has 0 aromatic heterocycles. The number of nitrogens with zero attached hydrogens (tertiary/aromatic N) is 1. The SMILES string of the molecule is O=[N+]([O-])c1ccc2c(c1)CC1C(O2)OC(COCc2ccccc2)C(OCc2ccccc2)C1OCc1ccccc1. The van der Waals surface area contributed by atoms with Crippen molar-refractivity contribution in [3.05, 3.63) is 142 Å². The van der Waals surface area contributed by atoms with Gasteiger partial charge < -0.3 is 23.7 Å². The van der Waals surface area contributed by atoms with Crippen LogP contribution in [0.15, 0.2) is 109 Å². The van der Waals surface area contributed by atoms with E-state index in [0.29, 0.717) is 32.0 Å². The number of fused-ring (bicyclic) bond motifs is 2. The van der Waals surface area contributed by atoms with Gasteiger partial charge in [-0.25, -0.2) is 0 Å². The van der Waals surface area contributed by atoms with E-state index in [0.717, 1.165) is 22.3 Å². The predicted octanol–water partition coefficient (Wildman–Crippen LogP) is 6.26. The van der Waals surface area contributed by atoms with Crippen LogP contribution in [0.4, 0.5) is 5.69 Å². The van der Waals surface area contributed by atoms with Crippen LogP contribution < -0.4 is 4.74 Å². The molecule has 0 spiro atoms. The summed E-state index contributed by atoms with van der Waals surface area (Å²) in [6.07, 6.45) is -1.51. The quantitative estimate of drug-likeness (QED) is 0.156. The van der Waals surface area contributed by atoms with Gasteiger partial charge in [-0.1, -0.05) is 91.0 Å². The highest BCUT2D eigenvalue weighted by Gasteiger charge is 2.50. The zero-order chi connectivity index (χ0) is 28.7. The molecule has 8 heteroatoms. The van der Waals surface area contributed by atoms with Crippen LogP contribution in [0.1, 0.15) is 22.3 Å². The molecular formula is C34H33NO7. The molecule has 2 aliphatic rings. The summed E-state index contributed by atoms with van der Waals surface area (Å²) >= 11 is 0. The molecule has 0 bridgehead atoms. The Balaban J connectivity index is 1.29. The molecule has 0 radical (unpaired) electrons. The van der Waals surface area contributed by atoms with Gasteiger partial charge in [-0.15, -0.1) is 0 Å². The molecule has 5 unspecified atom stereocenters. The number of hydrogen-bond donors (Lipinski definition) is 0. The Morgan fingerprint density at radius 3 is 1.90 bits per heavy atom. The maximum Gasteiger partial charge on any atom is 0.269 e. The number of benzene rings is 4. The van der Waals surface area contributed by atoms with Crippen LogP contribution in [-0.2, 0) is 45.2 Å². The van der Waals surface area contributed by atoms with Crippen LogP contribution in [0, 0.1) is 16.0 Å². The summed E-state index contributed by atoms with van der Waals surface area (Å²) in [5, 5.41) is 11.5. The van der Waals surface area contributed by atoms with Gasteiger partial charge in [0.1, 0.15) is 18.0 Å². The molecule has 2 aliphatic heterocycles. The van der Waals surface area contributed by atoms with E-state index in [1.165, 1.54) is 6.07 Å². The van der Waals surface area contributed by atoms with Crippen LogP contribution in [0.25, 0.3) is 0 Å². The van der Waals surface area contributed by atoms with Gasteiger partial charge in [0.2, 0.25) is 6.29 Å². The van der Waals surface area contributed by atoms with Crippen molar-refractivity contribution in [1.82, 2.24) is 0 Å². The van der Waals surface area contributed by atoms with Gasteiger partial charge >= 0.3 is 0 Å². The second kappa shape index (κ2) is 13.3. The van der Waals surface area contributed by atoms with Gasteiger partial charge in [0, 0.05) is 17.7 Å². The van der Waals surface area contributed by atoms with Gasteiger partial charge in [0.05, 0.1) is 43.4 Å². The van der Waals surface area contributed by atoms with Crippen molar-refractivity contribution in [2.45, 2.75) is 50.8 Å². The third-order valence-electron chi connectivity index (χ3n) is 7.69. The van der Waals surface area contributed by atoms with Crippen LogP contribution in [0.2, 0.25) is 0 Å². The second-order valence-corrected chi connectivity index (χ2v) is 10.6. The van der Waals surface area contributed by atoms with E-state index in [4.69, 9.17) is 23.7 Å². The lowest BCUT2D eigenvalue weighted by Crippen LogP contribution is -2.60. The molecule has 0 N–H and O–H groups in total. The first kappa shape index (κ1) is 28.1. The van der Waals surface area contributed by atoms with E-state index >= 15 is 0 Å². The normalized spacial score (nSPS) is 22.9. The number of non-ortho nitro benzene ring substituents is 1. The molecular weight excluding hydrogens is 534 g/mol. The molecule has 4 aromatic rings. The Morgan fingerprint density at radius 1 is 0.738 bits per heavy atom. The van der Waals surface area contributed by atoms with Crippen molar-refractivity contribution >= 4 is 5.69 Å². The minimum atomic E-state index is -0.623. The zero-order valence-corrected chi connectivity index (χ0v) is 23.1. The van der Waals surface area contributed by atoms with Crippen LogP contribution in [-0.4, -0.2) is 36.1 Å². The van der Waals surface area contributed by atoms with Crippen molar-refractivity contribution < 1.29 is 28.6 Å². The van der Waals surface area contributed by atoms with E-state index < -0.39 is 24.6 Å². The van der Waals surface area contributed by atoms with Gasteiger partial charge in [-0.05, 0) is 29.2 Å². The van der Waals surface area contributed by atoms with Gasteiger partial charge in [0.15, 0.2) is 0 Å². The van der Waals surface area contributed by atoms with E-state index in [1.54, 1.807) is 12.1 Å². The molecule has 42 heavy (non-hydrogen) atoms. The summed E-state index contributed by atoms with van der Waals surface area (Å²) in [7, 11) is 0. The fraction of sp³-hybridized carbons (Fsp3) is 0.294. The molecule has 0 aliphatic carbocycles. The molecule has 4 aromatic carbocycles. The third kappa shape index (κ3) is 6.69. The lowest BCUT2D eigenvalue weighted by atomic mass is 9.83. The standard InChI is InChI=1S/C34H33NO7/c36-35(37)28-16-17-30-27(18-28)19-29-32(39-21-25-12-6-2-7-13-25)33(40-22-26-14-8-3-9-15-26)31(42-34(29)41-30)23-38-20-24-10-4-1-5-11-24/h1-18,29,31-34H,19-23H2. The highest BCUT2D eigenvalue weighted by Crippen LogP contribution is 2.41. The Morgan fingerprint density at radius 2 is 1.31 bits per heavy atom. The molecule has 1 fully saturated rings. The summed E-state index contributed by atoms with van der Waals surface area (Å²) < 4.78 is 32.3. The predicted molar refractivity (Wildman–Crippen MR) is 156 cm³/mol. The summed E-state index contributed by atoms with van der Waals surface area (Å²) in [5.74, 6) is 0.325. The van der Waals surface area contributed by atoms with E-state index in [-0.39, 0.29) is 23.1 Å². The molecule has 6 rings (SSSR count). The van der Waals surface area contributed by atoms with Gasteiger partial charge in [-0.3, -0.25) is 10.1 Å². The topological polar surface area (TPSA) is 89.3 Å². The minimum Gasteiger partial charge on any atom is -0.464 e. The first-order valence-corrected chi connectivity index (χ1v) is 14.2. The summed E-state index contributed by atoms with van der Waals surface area (Å²) in [5.41, 5.74) is 3.91. The van der Waals surface area contributed by atoms with Crippen molar-refractivity contribution in [2.75, 3.05) is 6.61 Å². The van der Waals surface area contributed by atoms with E-state index in [2.05, 4.69) is 0 Å². The minimum absolute atomic E-state index is 0.0262. The lowest BCUT2D eigenvalue weighted by molar-refractivity contribution is -0.385. The average molecular weight is 568 g/mol. The van der Waals surface area contributed by atoms with Crippen LogP contribution >= 0.6 is 0 Å². The first-order chi connectivity index (χ1) is 20.6. The average Bonchev–Trinajstić information content (AvgIpc) is 3.03. The highest BCUT2D eigenvalue weighted by atomic mass is 16.7. The van der Waals surface area contributed by atoms with E-state index in [9.17, 15) is 10.1 Å². The lowest BCUT2D eigenvalue weighted by Gasteiger charge is -2.48. The van der Waals surface area contributed by atoms with Crippen molar-refractivity contribution in [1.29, 1.82) is 0 Å². The van der Waals surface area contributed by atoms with Crippen molar-refractivity contribution in [3.63, 3.8) is 0 Å². The van der Waals surface area contributed by atoms with E-state index in [1.807, 2.05) is 91.0 Å². The summed E-state index contributed by atoms with van der Waals surface area (Å²) in [6, 6.07) is 34.6. The molecule has 8 nitrogen and oxygen atoms in total. The number of nitro benzene ring substituents is 1. The maximum atomic E-state index is 11.5. The molecule has 0 amide bonds. The number of rotatable bonds is 11. The molecule has 0 saturated carbocycles. The fourth-order valence-corrected chi connectivity index (χ4v) is 5.58. The van der Waals surface area contributed by atoms with Crippen molar-refractivity contribution in [3.8, 4) is 5.75 Å². The molecule has 216 valence electrons. The Kier molecular flexibility index (Phi) is 8.86. The summed E-state index contributed by atoms with van der Waals surface area (Å²) in [4.78, 5) is 11.1. The number of ether oxygens (including phenoxy) is 5. The third-order valence-corrected chi connectivity index (χ3v) is 7.69. The van der Waals surface area contributed by atoms with Crippen molar-refractivity contribution in [2.24, 2.45) is 5.92 Å². The van der Waals surface area contributed by atoms with Gasteiger partial charge in [0.25, 0.3) is 5.69 Å².